The lowest BCUT2D eigenvalue weighted by Crippen LogP contribution is -2.12. The topological polar surface area (TPSA) is 70.4 Å². The summed E-state index contributed by atoms with van der Waals surface area (Å²) in [5.41, 5.74) is -0.209. The van der Waals surface area contributed by atoms with Gasteiger partial charge in [-0.25, -0.2) is 18.7 Å². The van der Waals surface area contributed by atoms with Crippen molar-refractivity contribution in [2.45, 2.75) is 0 Å². The third kappa shape index (κ3) is 2.66. The van der Waals surface area contributed by atoms with Crippen molar-refractivity contribution in [3.05, 3.63) is 47.4 Å². The molecule has 0 fully saturated rings. The fourth-order valence-electron chi connectivity index (χ4n) is 1.53. The van der Waals surface area contributed by atoms with E-state index in [1.807, 2.05) is 0 Å². The third-order valence-corrected chi connectivity index (χ3v) is 2.52. The Morgan fingerprint density at radius 1 is 1.25 bits per heavy atom. The van der Waals surface area contributed by atoms with E-state index in [1.165, 1.54) is 43.1 Å². The van der Waals surface area contributed by atoms with E-state index in [0.717, 1.165) is 6.07 Å². The Kier molecular flexibility index (Phi) is 3.79. The zero-order valence-corrected chi connectivity index (χ0v) is 10.8. The second-order valence-electron chi connectivity index (χ2n) is 3.85. The van der Waals surface area contributed by atoms with E-state index < -0.39 is 17.8 Å². The molecule has 20 heavy (non-hydrogen) atoms. The van der Waals surface area contributed by atoms with Crippen molar-refractivity contribution in [3.63, 3.8) is 0 Å². The molecule has 2 aromatic rings. The van der Waals surface area contributed by atoms with Gasteiger partial charge in [-0.2, -0.15) is 5.10 Å². The van der Waals surface area contributed by atoms with Crippen LogP contribution in [0.15, 0.2) is 30.3 Å². The number of rotatable bonds is 3. The van der Waals surface area contributed by atoms with Crippen molar-refractivity contribution in [2.24, 2.45) is 7.05 Å². The maximum atomic E-state index is 13.4. The summed E-state index contributed by atoms with van der Waals surface area (Å²) in [6.45, 7) is 0. The predicted octanol–water partition coefficient (Wildman–Crippen LogP) is 1.56. The van der Waals surface area contributed by atoms with Crippen molar-refractivity contribution in [2.75, 3.05) is 7.11 Å². The molecule has 6 nitrogen and oxygen atoms in total. The van der Waals surface area contributed by atoms with Gasteiger partial charge >= 0.3 is 11.9 Å². The van der Waals surface area contributed by atoms with Gasteiger partial charge < -0.3 is 9.47 Å². The lowest BCUT2D eigenvalue weighted by Gasteiger charge is -2.04. The third-order valence-electron chi connectivity index (χ3n) is 2.52. The van der Waals surface area contributed by atoms with E-state index in [0.29, 0.717) is 0 Å². The van der Waals surface area contributed by atoms with Crippen LogP contribution in [0, 0.1) is 5.82 Å². The van der Waals surface area contributed by atoms with E-state index in [-0.39, 0.29) is 17.1 Å². The fraction of sp³-hybridized carbons (Fsp3) is 0.154. The predicted molar refractivity (Wildman–Crippen MR) is 65.9 cm³/mol. The van der Waals surface area contributed by atoms with Gasteiger partial charge in [0.2, 0.25) is 5.88 Å². The monoisotopic (exact) mass is 278 g/mol. The number of carbonyl (C=O) groups excluding carboxylic acids is 2. The van der Waals surface area contributed by atoms with Gasteiger partial charge in [0.25, 0.3) is 0 Å². The Hall–Kier alpha value is -2.70. The summed E-state index contributed by atoms with van der Waals surface area (Å²) in [4.78, 5) is 23.1. The van der Waals surface area contributed by atoms with Crippen LogP contribution in [0.3, 0.4) is 0 Å². The van der Waals surface area contributed by atoms with E-state index in [2.05, 4.69) is 9.84 Å². The van der Waals surface area contributed by atoms with Crippen LogP contribution in [0.25, 0.3) is 0 Å². The number of nitrogens with zero attached hydrogens (tertiary/aromatic N) is 2. The molecular formula is C13H11FN2O4. The van der Waals surface area contributed by atoms with Gasteiger partial charge in [0, 0.05) is 13.1 Å². The van der Waals surface area contributed by atoms with E-state index in [9.17, 15) is 14.0 Å². The highest BCUT2D eigenvalue weighted by Gasteiger charge is 2.18. The van der Waals surface area contributed by atoms with Crippen molar-refractivity contribution < 1.29 is 23.5 Å². The average Bonchev–Trinajstić information content (AvgIpc) is 2.79. The number of hydrogen-bond donors (Lipinski definition) is 0. The summed E-state index contributed by atoms with van der Waals surface area (Å²) in [5, 5.41) is 3.82. The van der Waals surface area contributed by atoms with Gasteiger partial charge in [-0.3, -0.25) is 0 Å². The van der Waals surface area contributed by atoms with Crippen LogP contribution in [0.5, 0.6) is 5.88 Å². The largest absolute Gasteiger partial charge is 0.464 e. The SMILES string of the molecule is COC(=O)c1cc(OC(=O)c2ccccc2F)n(C)n1. The van der Waals surface area contributed by atoms with Gasteiger partial charge in [-0.1, -0.05) is 12.1 Å². The summed E-state index contributed by atoms with van der Waals surface area (Å²) in [6, 6.07) is 6.67. The molecule has 0 bridgehead atoms. The number of aromatic nitrogens is 2. The molecule has 2 rings (SSSR count). The van der Waals surface area contributed by atoms with Gasteiger partial charge in [-0.15, -0.1) is 0 Å². The molecule has 0 saturated heterocycles. The summed E-state index contributed by atoms with van der Waals surface area (Å²) in [7, 11) is 2.69. The molecule has 0 aliphatic carbocycles. The molecular weight excluding hydrogens is 267 g/mol. The highest BCUT2D eigenvalue weighted by Crippen LogP contribution is 2.16. The maximum Gasteiger partial charge on any atom is 0.358 e. The second kappa shape index (κ2) is 5.52. The second-order valence-corrected chi connectivity index (χ2v) is 3.85. The standard InChI is InChI=1S/C13H11FN2O4/c1-16-11(7-10(15-16)13(18)19-2)20-12(17)8-5-3-4-6-9(8)14/h3-7H,1-2H3. The van der Waals surface area contributed by atoms with E-state index in [4.69, 9.17) is 4.74 Å². The van der Waals surface area contributed by atoms with Crippen molar-refractivity contribution in [1.29, 1.82) is 0 Å². The number of carbonyl (C=O) groups is 2. The molecule has 7 heteroatoms. The van der Waals surface area contributed by atoms with Crippen LogP contribution >= 0.6 is 0 Å². The van der Waals surface area contributed by atoms with Crippen LogP contribution in [0.2, 0.25) is 0 Å². The zero-order valence-electron chi connectivity index (χ0n) is 10.8. The quantitative estimate of drug-likeness (QED) is 0.797. The summed E-state index contributed by atoms with van der Waals surface area (Å²) >= 11 is 0. The van der Waals surface area contributed by atoms with Crippen molar-refractivity contribution in [3.8, 4) is 5.88 Å². The lowest BCUT2D eigenvalue weighted by molar-refractivity contribution is 0.0592. The van der Waals surface area contributed by atoms with Gasteiger partial charge in [0.05, 0.1) is 12.7 Å². The minimum Gasteiger partial charge on any atom is -0.464 e. The fourth-order valence-corrected chi connectivity index (χ4v) is 1.53. The molecule has 0 spiro atoms. The molecule has 0 aliphatic rings. The van der Waals surface area contributed by atoms with E-state index in [1.54, 1.807) is 0 Å². The molecule has 0 radical (unpaired) electrons. The van der Waals surface area contributed by atoms with E-state index >= 15 is 0 Å². The van der Waals surface area contributed by atoms with Gasteiger partial charge in [0.1, 0.15) is 5.82 Å². The number of halogens is 1. The summed E-state index contributed by atoms with van der Waals surface area (Å²) in [6.07, 6.45) is 0. The molecule has 1 aromatic carbocycles. The van der Waals surface area contributed by atoms with Crippen LogP contribution in [0.4, 0.5) is 4.39 Å². The minimum atomic E-state index is -0.873. The molecule has 104 valence electrons. The number of benzene rings is 1. The normalized spacial score (nSPS) is 10.2. The first-order chi connectivity index (χ1) is 9.52. The van der Waals surface area contributed by atoms with Crippen LogP contribution in [0.1, 0.15) is 20.8 Å². The number of hydrogen-bond acceptors (Lipinski definition) is 5. The highest BCUT2D eigenvalue weighted by atomic mass is 19.1. The molecule has 0 N–H and O–H groups in total. The average molecular weight is 278 g/mol. The maximum absolute atomic E-state index is 13.4. The number of ether oxygens (including phenoxy) is 2. The highest BCUT2D eigenvalue weighted by molar-refractivity contribution is 5.92. The number of aryl methyl sites for hydroxylation is 1. The zero-order chi connectivity index (χ0) is 14.7. The number of methoxy groups -OCH3 is 1. The Morgan fingerprint density at radius 2 is 1.95 bits per heavy atom. The van der Waals surface area contributed by atoms with Crippen LogP contribution in [-0.2, 0) is 11.8 Å². The first-order valence-electron chi connectivity index (χ1n) is 5.62. The summed E-state index contributed by atoms with van der Waals surface area (Å²) in [5.74, 6) is -2.21. The Morgan fingerprint density at radius 3 is 2.60 bits per heavy atom. The molecule has 0 unspecified atom stereocenters. The van der Waals surface area contributed by atoms with Crippen molar-refractivity contribution >= 4 is 11.9 Å². The van der Waals surface area contributed by atoms with Gasteiger partial charge in [-0.05, 0) is 12.1 Å². The first-order valence-corrected chi connectivity index (χ1v) is 5.62. The van der Waals surface area contributed by atoms with Crippen LogP contribution in [-0.4, -0.2) is 28.8 Å². The lowest BCUT2D eigenvalue weighted by atomic mass is 10.2. The molecule has 0 aliphatic heterocycles. The molecule has 1 aromatic heterocycles. The summed E-state index contributed by atoms with van der Waals surface area (Å²) < 4.78 is 24.1. The first kappa shape index (κ1) is 13.7. The van der Waals surface area contributed by atoms with Gasteiger partial charge in [0.15, 0.2) is 5.69 Å². The molecule has 0 amide bonds. The number of esters is 2. The van der Waals surface area contributed by atoms with Crippen molar-refractivity contribution in [1.82, 2.24) is 9.78 Å². The molecule has 0 saturated carbocycles. The van der Waals surface area contributed by atoms with Crippen LogP contribution < -0.4 is 4.74 Å². The smallest absolute Gasteiger partial charge is 0.358 e. The minimum absolute atomic E-state index is 0.00802. The molecule has 1 heterocycles. The Bertz CT molecular complexity index is 666. The Labute approximate surface area is 113 Å². The molecule has 0 atom stereocenters. The Balaban J connectivity index is 2.22.